The van der Waals surface area contributed by atoms with E-state index in [1.54, 1.807) is 11.3 Å². The first kappa shape index (κ1) is 15.2. The molecule has 0 aliphatic rings. The van der Waals surface area contributed by atoms with Gasteiger partial charge in [0.15, 0.2) is 0 Å². The van der Waals surface area contributed by atoms with Crippen molar-refractivity contribution in [2.24, 2.45) is 7.05 Å². The van der Waals surface area contributed by atoms with Gasteiger partial charge < -0.3 is 9.88 Å². The van der Waals surface area contributed by atoms with E-state index < -0.39 is 0 Å². The van der Waals surface area contributed by atoms with E-state index in [-0.39, 0.29) is 5.41 Å². The average Bonchev–Trinajstić information content (AvgIpc) is 2.95. The Kier molecular flexibility index (Phi) is 4.60. The van der Waals surface area contributed by atoms with Crippen molar-refractivity contribution >= 4 is 11.3 Å². The molecule has 0 radical (unpaired) electrons. The second-order valence-electron chi connectivity index (χ2n) is 6.11. The molecular formula is C15H24N4S. The number of nitrogens with zero attached hydrogens (tertiary/aromatic N) is 3. The normalized spacial score (nSPS) is 12.1. The predicted molar refractivity (Wildman–Crippen MR) is 85.0 cm³/mol. The van der Waals surface area contributed by atoms with Gasteiger partial charge in [0.05, 0.1) is 23.9 Å². The lowest BCUT2D eigenvalue weighted by Gasteiger charge is -2.17. The summed E-state index contributed by atoms with van der Waals surface area (Å²) in [5.74, 6) is 0. The van der Waals surface area contributed by atoms with Gasteiger partial charge in [-0.3, -0.25) is 0 Å². The lowest BCUT2D eigenvalue weighted by atomic mass is 9.91. The van der Waals surface area contributed by atoms with E-state index in [9.17, 15) is 0 Å². The van der Waals surface area contributed by atoms with E-state index in [1.807, 2.05) is 24.1 Å². The van der Waals surface area contributed by atoms with Crippen LogP contribution in [-0.4, -0.2) is 21.1 Å². The summed E-state index contributed by atoms with van der Waals surface area (Å²) in [6, 6.07) is 0. The standard InChI is InChI=1S/C15H24N4S/c1-6-7-16-9-12-13(15(2,3)4)18-14(20-12)11-8-17-10-19(11)5/h8,10,16H,6-7,9H2,1-5H3. The molecule has 2 heterocycles. The SMILES string of the molecule is CCCNCc1sc(-c2cncn2C)nc1C(C)(C)C. The maximum Gasteiger partial charge on any atom is 0.142 e. The van der Waals surface area contributed by atoms with Crippen molar-refractivity contribution in [3.05, 3.63) is 23.1 Å². The van der Waals surface area contributed by atoms with Crippen LogP contribution in [0.1, 0.15) is 44.7 Å². The molecule has 0 spiro atoms. The summed E-state index contributed by atoms with van der Waals surface area (Å²) in [7, 11) is 2.01. The van der Waals surface area contributed by atoms with Gasteiger partial charge in [0.1, 0.15) is 5.01 Å². The Labute approximate surface area is 125 Å². The van der Waals surface area contributed by atoms with Crippen LogP contribution in [0.15, 0.2) is 12.5 Å². The van der Waals surface area contributed by atoms with Crippen LogP contribution < -0.4 is 5.32 Å². The number of thiazole rings is 1. The number of aromatic nitrogens is 3. The molecule has 0 fully saturated rings. The Hall–Kier alpha value is -1.20. The van der Waals surface area contributed by atoms with Gasteiger partial charge >= 0.3 is 0 Å². The largest absolute Gasteiger partial charge is 0.332 e. The third kappa shape index (κ3) is 3.27. The maximum absolute atomic E-state index is 4.88. The summed E-state index contributed by atoms with van der Waals surface area (Å²) in [5.41, 5.74) is 2.35. The van der Waals surface area contributed by atoms with Gasteiger partial charge in [-0.05, 0) is 13.0 Å². The van der Waals surface area contributed by atoms with Crippen LogP contribution in [0, 0.1) is 0 Å². The van der Waals surface area contributed by atoms with Crippen molar-refractivity contribution in [2.45, 2.75) is 46.1 Å². The van der Waals surface area contributed by atoms with Crippen LogP contribution in [0.25, 0.3) is 10.7 Å². The Morgan fingerprint density at radius 2 is 2.10 bits per heavy atom. The third-order valence-electron chi connectivity index (χ3n) is 3.16. The summed E-state index contributed by atoms with van der Waals surface area (Å²) in [4.78, 5) is 10.4. The second kappa shape index (κ2) is 6.06. The van der Waals surface area contributed by atoms with Crippen molar-refractivity contribution in [1.29, 1.82) is 0 Å². The Balaban J connectivity index is 2.34. The highest BCUT2D eigenvalue weighted by Crippen LogP contribution is 2.34. The summed E-state index contributed by atoms with van der Waals surface area (Å²) < 4.78 is 2.02. The highest BCUT2D eigenvalue weighted by molar-refractivity contribution is 7.15. The molecule has 0 bridgehead atoms. The van der Waals surface area contributed by atoms with Crippen LogP contribution in [-0.2, 0) is 19.0 Å². The number of hydrogen-bond acceptors (Lipinski definition) is 4. The first-order valence-electron chi connectivity index (χ1n) is 7.11. The van der Waals surface area contributed by atoms with E-state index in [0.717, 1.165) is 30.2 Å². The first-order chi connectivity index (χ1) is 9.43. The van der Waals surface area contributed by atoms with Crippen LogP contribution in [0.4, 0.5) is 0 Å². The van der Waals surface area contributed by atoms with Gasteiger partial charge in [0.2, 0.25) is 0 Å². The molecule has 0 atom stereocenters. The van der Waals surface area contributed by atoms with Gasteiger partial charge in [-0.1, -0.05) is 27.7 Å². The van der Waals surface area contributed by atoms with Gasteiger partial charge in [-0.25, -0.2) is 9.97 Å². The summed E-state index contributed by atoms with van der Waals surface area (Å²) in [6.45, 7) is 10.8. The van der Waals surface area contributed by atoms with Gasteiger partial charge in [0, 0.05) is 23.9 Å². The fourth-order valence-electron chi connectivity index (χ4n) is 2.11. The monoisotopic (exact) mass is 292 g/mol. The minimum absolute atomic E-state index is 0.0660. The molecule has 0 saturated heterocycles. The average molecular weight is 292 g/mol. The third-order valence-corrected chi connectivity index (χ3v) is 4.23. The van der Waals surface area contributed by atoms with Crippen LogP contribution >= 0.6 is 11.3 Å². The molecule has 0 aromatic carbocycles. The molecule has 0 amide bonds. The van der Waals surface area contributed by atoms with Crippen LogP contribution in [0.3, 0.4) is 0 Å². The molecular weight excluding hydrogens is 268 g/mol. The topological polar surface area (TPSA) is 42.7 Å². The molecule has 2 rings (SSSR count). The Bertz CT molecular complexity index is 563. The second-order valence-corrected chi connectivity index (χ2v) is 7.19. The quantitative estimate of drug-likeness (QED) is 0.860. The molecule has 110 valence electrons. The molecule has 2 aromatic rings. The minimum Gasteiger partial charge on any atom is -0.332 e. The summed E-state index contributed by atoms with van der Waals surface area (Å²) in [6.07, 6.45) is 4.86. The smallest absolute Gasteiger partial charge is 0.142 e. The molecule has 1 N–H and O–H groups in total. The van der Waals surface area contributed by atoms with E-state index in [2.05, 4.69) is 38.0 Å². The molecule has 0 aliphatic carbocycles. The van der Waals surface area contributed by atoms with Crippen molar-refractivity contribution in [3.8, 4) is 10.7 Å². The number of aryl methyl sites for hydroxylation is 1. The summed E-state index contributed by atoms with van der Waals surface area (Å²) in [5, 5.41) is 4.54. The minimum atomic E-state index is 0.0660. The zero-order chi connectivity index (χ0) is 14.8. The molecule has 4 nitrogen and oxygen atoms in total. The van der Waals surface area contributed by atoms with Gasteiger partial charge in [0.25, 0.3) is 0 Å². The fourth-order valence-corrected chi connectivity index (χ4v) is 3.40. The van der Waals surface area contributed by atoms with Crippen LogP contribution in [0.5, 0.6) is 0 Å². The Morgan fingerprint density at radius 1 is 1.35 bits per heavy atom. The zero-order valence-corrected chi connectivity index (χ0v) is 13.8. The van der Waals surface area contributed by atoms with E-state index in [0.29, 0.717) is 0 Å². The van der Waals surface area contributed by atoms with Crippen LogP contribution in [0.2, 0.25) is 0 Å². The van der Waals surface area contributed by atoms with Gasteiger partial charge in [-0.15, -0.1) is 11.3 Å². The number of nitrogens with one attached hydrogen (secondary N) is 1. The van der Waals surface area contributed by atoms with Crippen molar-refractivity contribution in [3.63, 3.8) is 0 Å². The first-order valence-corrected chi connectivity index (χ1v) is 7.92. The lowest BCUT2D eigenvalue weighted by molar-refractivity contribution is 0.559. The molecule has 20 heavy (non-hydrogen) atoms. The molecule has 0 saturated carbocycles. The van der Waals surface area contributed by atoms with Crippen molar-refractivity contribution in [2.75, 3.05) is 6.54 Å². The van der Waals surface area contributed by atoms with E-state index >= 15 is 0 Å². The lowest BCUT2D eigenvalue weighted by Crippen LogP contribution is -2.19. The number of imidazole rings is 1. The number of hydrogen-bond donors (Lipinski definition) is 1. The number of rotatable bonds is 5. The Morgan fingerprint density at radius 3 is 2.65 bits per heavy atom. The molecule has 0 aliphatic heterocycles. The molecule has 0 unspecified atom stereocenters. The van der Waals surface area contributed by atoms with E-state index in [4.69, 9.17) is 4.98 Å². The van der Waals surface area contributed by atoms with E-state index in [1.165, 1.54) is 10.6 Å². The van der Waals surface area contributed by atoms with Crippen molar-refractivity contribution < 1.29 is 0 Å². The molecule has 2 aromatic heterocycles. The highest BCUT2D eigenvalue weighted by Gasteiger charge is 2.24. The maximum atomic E-state index is 4.88. The summed E-state index contributed by atoms with van der Waals surface area (Å²) >= 11 is 1.77. The fraction of sp³-hybridized carbons (Fsp3) is 0.600. The van der Waals surface area contributed by atoms with Gasteiger partial charge in [-0.2, -0.15) is 0 Å². The van der Waals surface area contributed by atoms with Crippen molar-refractivity contribution in [1.82, 2.24) is 19.9 Å². The predicted octanol–water partition coefficient (Wildman–Crippen LogP) is 3.34. The highest BCUT2D eigenvalue weighted by atomic mass is 32.1. The molecule has 5 heteroatoms. The zero-order valence-electron chi connectivity index (χ0n) is 13.0.